The van der Waals surface area contributed by atoms with E-state index >= 15 is 0 Å². The number of ether oxygens (including phenoxy) is 1. The van der Waals surface area contributed by atoms with Crippen molar-refractivity contribution >= 4 is 29.1 Å². The maximum absolute atomic E-state index is 13.5. The van der Waals surface area contributed by atoms with E-state index in [0.29, 0.717) is 17.9 Å². The first-order chi connectivity index (χ1) is 15.5. The average Bonchev–Trinajstić information content (AvgIpc) is 3.11. The predicted molar refractivity (Wildman–Crippen MR) is 125 cm³/mol. The molecule has 6 nitrogen and oxygen atoms in total. The van der Waals surface area contributed by atoms with Crippen LogP contribution in [0.25, 0.3) is 11.8 Å². The summed E-state index contributed by atoms with van der Waals surface area (Å²) >= 11 is 0. The van der Waals surface area contributed by atoms with Gasteiger partial charge >= 0.3 is 0 Å². The molecule has 0 atom stereocenters. The molecule has 0 N–H and O–H groups in total. The molecule has 160 valence electrons. The van der Waals surface area contributed by atoms with E-state index in [0.717, 1.165) is 22.4 Å². The van der Waals surface area contributed by atoms with Gasteiger partial charge in [0.15, 0.2) is 0 Å². The van der Waals surface area contributed by atoms with Crippen molar-refractivity contribution in [3.63, 3.8) is 0 Å². The Kier molecular flexibility index (Phi) is 5.85. The monoisotopic (exact) mass is 426 g/mol. The van der Waals surface area contributed by atoms with Crippen LogP contribution in [0.3, 0.4) is 0 Å². The van der Waals surface area contributed by atoms with Gasteiger partial charge in [-0.2, -0.15) is 0 Å². The molecule has 0 aromatic heterocycles. The van der Waals surface area contributed by atoms with Crippen LogP contribution in [-0.4, -0.2) is 17.4 Å². The second-order valence-corrected chi connectivity index (χ2v) is 7.39. The molecular weight excluding hydrogens is 404 g/mol. The topological polar surface area (TPSA) is 72.7 Å². The van der Waals surface area contributed by atoms with Crippen LogP contribution in [0.15, 0.2) is 84.4 Å². The Balaban J connectivity index is 1.81. The third-order valence-electron chi connectivity index (χ3n) is 5.13. The van der Waals surface area contributed by atoms with Crippen LogP contribution < -0.4 is 9.64 Å². The zero-order chi connectivity index (χ0) is 22.7. The van der Waals surface area contributed by atoms with Crippen LogP contribution in [0.1, 0.15) is 23.6 Å². The van der Waals surface area contributed by atoms with Crippen LogP contribution in [0.4, 0.5) is 11.4 Å². The first kappa shape index (κ1) is 21.1. The van der Waals surface area contributed by atoms with Gasteiger partial charge in [-0.15, -0.1) is 0 Å². The second kappa shape index (κ2) is 8.89. The van der Waals surface area contributed by atoms with Crippen molar-refractivity contribution in [2.24, 2.45) is 0 Å². The van der Waals surface area contributed by atoms with Gasteiger partial charge in [0.1, 0.15) is 11.4 Å². The van der Waals surface area contributed by atoms with Crippen molar-refractivity contribution in [3.05, 3.63) is 111 Å². The van der Waals surface area contributed by atoms with Crippen molar-refractivity contribution in [3.8, 4) is 5.75 Å². The van der Waals surface area contributed by atoms with Crippen molar-refractivity contribution in [2.45, 2.75) is 13.8 Å². The summed E-state index contributed by atoms with van der Waals surface area (Å²) in [5.41, 5.74) is 3.56. The Hall–Kier alpha value is -4.19. The molecule has 3 aromatic carbocycles. The third kappa shape index (κ3) is 4.16. The zero-order valence-electron chi connectivity index (χ0n) is 17.8. The molecule has 0 unspecified atom stereocenters. The summed E-state index contributed by atoms with van der Waals surface area (Å²) < 4.78 is 5.48. The summed E-state index contributed by atoms with van der Waals surface area (Å²) in [7, 11) is 0. The third-order valence-corrected chi connectivity index (χ3v) is 5.13. The van der Waals surface area contributed by atoms with Gasteiger partial charge in [0, 0.05) is 11.6 Å². The average molecular weight is 426 g/mol. The Morgan fingerprint density at radius 1 is 1.03 bits per heavy atom. The molecule has 0 fully saturated rings. The van der Waals surface area contributed by atoms with Crippen molar-refractivity contribution in [1.29, 1.82) is 0 Å². The van der Waals surface area contributed by atoms with E-state index in [2.05, 4.69) is 0 Å². The van der Waals surface area contributed by atoms with Gasteiger partial charge in [-0.3, -0.25) is 19.8 Å². The number of nitrogens with zero attached hydrogens (tertiary/aromatic N) is 2. The first-order valence-electron chi connectivity index (χ1n) is 10.3. The number of anilines is 1. The second-order valence-electron chi connectivity index (χ2n) is 7.39. The standard InChI is InChI=1S/C26H22N2O4/c1-3-32-22-12-10-19(11-13-22)16-21-17-24(20-7-5-4-6-8-20)27(26(21)29)23-14-9-18(2)15-25(23)28(30)31/h4-17H,3H2,1-2H3/b21-16+. The van der Waals surface area contributed by atoms with Gasteiger partial charge in [0.05, 0.1) is 17.2 Å². The fourth-order valence-electron chi connectivity index (χ4n) is 3.65. The quantitative estimate of drug-likeness (QED) is 0.285. The molecule has 0 aliphatic carbocycles. The predicted octanol–water partition coefficient (Wildman–Crippen LogP) is 5.77. The minimum absolute atomic E-state index is 0.109. The van der Waals surface area contributed by atoms with E-state index in [9.17, 15) is 14.9 Å². The molecule has 32 heavy (non-hydrogen) atoms. The van der Waals surface area contributed by atoms with Crippen molar-refractivity contribution < 1.29 is 14.5 Å². The number of hydrogen-bond acceptors (Lipinski definition) is 4. The smallest absolute Gasteiger partial charge is 0.293 e. The molecule has 4 rings (SSSR count). The highest BCUT2D eigenvalue weighted by molar-refractivity contribution is 6.23. The Morgan fingerprint density at radius 2 is 1.75 bits per heavy atom. The number of rotatable bonds is 6. The van der Waals surface area contributed by atoms with E-state index < -0.39 is 4.92 Å². The molecule has 1 aliphatic heterocycles. The van der Waals surface area contributed by atoms with Gasteiger partial charge in [-0.05, 0) is 60.9 Å². The Bertz CT molecular complexity index is 1230. The van der Waals surface area contributed by atoms with Crippen molar-refractivity contribution in [2.75, 3.05) is 11.5 Å². The molecule has 3 aromatic rings. The molecule has 0 spiro atoms. The minimum Gasteiger partial charge on any atom is -0.494 e. The van der Waals surface area contributed by atoms with Crippen LogP contribution >= 0.6 is 0 Å². The van der Waals surface area contributed by atoms with Gasteiger partial charge in [-0.25, -0.2) is 0 Å². The number of benzene rings is 3. The number of nitro groups is 1. The van der Waals surface area contributed by atoms with Gasteiger partial charge in [0.2, 0.25) is 0 Å². The first-order valence-corrected chi connectivity index (χ1v) is 10.3. The lowest BCUT2D eigenvalue weighted by Gasteiger charge is -2.21. The summed E-state index contributed by atoms with van der Waals surface area (Å²) in [5.74, 6) is 0.439. The fraction of sp³-hybridized carbons (Fsp3) is 0.115. The number of aryl methyl sites for hydroxylation is 1. The van der Waals surface area contributed by atoms with Crippen molar-refractivity contribution in [1.82, 2.24) is 0 Å². The zero-order valence-corrected chi connectivity index (χ0v) is 17.8. The number of carbonyl (C=O) groups excluding carboxylic acids is 1. The Morgan fingerprint density at radius 3 is 2.41 bits per heavy atom. The summed E-state index contributed by atoms with van der Waals surface area (Å²) in [4.78, 5) is 26.2. The highest BCUT2D eigenvalue weighted by Gasteiger charge is 2.34. The molecule has 0 saturated carbocycles. The van der Waals surface area contributed by atoms with Gasteiger partial charge in [0.25, 0.3) is 11.6 Å². The summed E-state index contributed by atoms with van der Waals surface area (Å²) in [6, 6.07) is 21.7. The molecule has 0 radical (unpaired) electrons. The largest absolute Gasteiger partial charge is 0.494 e. The molecular formula is C26H22N2O4. The van der Waals surface area contributed by atoms with E-state index in [-0.39, 0.29) is 17.3 Å². The van der Waals surface area contributed by atoms with Crippen LogP contribution in [0.5, 0.6) is 5.75 Å². The number of nitro benzene ring substituents is 1. The molecule has 0 saturated heterocycles. The number of carbonyl (C=O) groups is 1. The van der Waals surface area contributed by atoms with E-state index in [1.165, 1.54) is 11.0 Å². The molecule has 6 heteroatoms. The highest BCUT2D eigenvalue weighted by atomic mass is 16.6. The van der Waals surface area contributed by atoms with E-state index in [1.54, 1.807) is 31.2 Å². The maximum atomic E-state index is 13.5. The molecule has 0 bridgehead atoms. The summed E-state index contributed by atoms with van der Waals surface area (Å²) in [5, 5.41) is 11.8. The molecule has 1 aliphatic rings. The number of amides is 1. The molecule has 1 amide bonds. The lowest BCUT2D eigenvalue weighted by Crippen LogP contribution is -2.25. The minimum atomic E-state index is -0.452. The van der Waals surface area contributed by atoms with E-state index in [1.807, 2.05) is 61.5 Å². The van der Waals surface area contributed by atoms with Crippen LogP contribution in [-0.2, 0) is 4.79 Å². The highest BCUT2D eigenvalue weighted by Crippen LogP contribution is 2.40. The fourth-order valence-corrected chi connectivity index (χ4v) is 3.65. The normalized spacial score (nSPS) is 14.6. The maximum Gasteiger partial charge on any atom is 0.293 e. The lowest BCUT2D eigenvalue weighted by molar-refractivity contribution is -0.384. The van der Waals surface area contributed by atoms with Crippen LogP contribution in [0, 0.1) is 17.0 Å². The summed E-state index contributed by atoms with van der Waals surface area (Å²) in [6.07, 6.45) is 3.55. The Labute approximate surface area is 186 Å². The lowest BCUT2D eigenvalue weighted by atomic mass is 10.1. The van der Waals surface area contributed by atoms with Gasteiger partial charge < -0.3 is 4.74 Å². The SMILES string of the molecule is CCOc1ccc(/C=C2\C=C(c3ccccc3)N(c3ccc(C)cc3[N+](=O)[O-])C2=O)cc1. The van der Waals surface area contributed by atoms with Gasteiger partial charge in [-0.1, -0.05) is 48.5 Å². The molecule has 1 heterocycles. The van der Waals surface area contributed by atoms with Crippen LogP contribution in [0.2, 0.25) is 0 Å². The van der Waals surface area contributed by atoms with E-state index in [4.69, 9.17) is 4.74 Å². The summed E-state index contributed by atoms with van der Waals surface area (Å²) in [6.45, 7) is 4.28. The number of hydrogen-bond donors (Lipinski definition) is 0.